The predicted molar refractivity (Wildman–Crippen MR) is 87.9 cm³/mol. The Morgan fingerprint density at radius 2 is 1.83 bits per heavy atom. The monoisotopic (exact) mass is 351 g/mol. The lowest BCUT2D eigenvalue weighted by Crippen LogP contribution is -2.37. The van der Waals surface area contributed by atoms with Crippen LogP contribution in [0, 0.1) is 0 Å². The molecule has 1 aliphatic rings. The summed E-state index contributed by atoms with van der Waals surface area (Å²) in [7, 11) is -2.26. The first-order valence-electron chi connectivity index (χ1n) is 6.93. The minimum absolute atomic E-state index is 0.0959. The van der Waals surface area contributed by atoms with Crippen LogP contribution < -0.4 is 9.04 Å². The molecule has 0 saturated heterocycles. The first-order valence-corrected chi connectivity index (χ1v) is 8.75. The number of benzene rings is 2. The van der Waals surface area contributed by atoms with Gasteiger partial charge in [-0.05, 0) is 42.5 Å². The Morgan fingerprint density at radius 3 is 2.48 bits per heavy atom. The smallest absolute Gasteiger partial charge is 0.264 e. The second-order valence-electron chi connectivity index (χ2n) is 5.09. The zero-order valence-electron chi connectivity index (χ0n) is 12.3. The summed E-state index contributed by atoms with van der Waals surface area (Å²) in [4.78, 5) is 12.2. The molecule has 5 nitrogen and oxygen atoms in total. The molecular weight excluding hydrogens is 338 g/mol. The van der Waals surface area contributed by atoms with Crippen LogP contribution in [0.5, 0.6) is 5.75 Å². The van der Waals surface area contributed by atoms with Crippen LogP contribution in [0.2, 0.25) is 5.02 Å². The molecule has 1 aliphatic heterocycles. The molecule has 3 rings (SSSR count). The Balaban J connectivity index is 2.10. The van der Waals surface area contributed by atoms with E-state index in [0.717, 1.165) is 0 Å². The first kappa shape index (κ1) is 15.8. The number of hydrogen-bond donors (Lipinski definition) is 0. The van der Waals surface area contributed by atoms with E-state index in [1.165, 1.54) is 35.7 Å². The fourth-order valence-corrected chi connectivity index (χ4v) is 4.13. The highest BCUT2D eigenvalue weighted by molar-refractivity contribution is 7.92. The molecule has 1 heterocycles. The molecule has 23 heavy (non-hydrogen) atoms. The average molecular weight is 352 g/mol. The molecule has 0 fully saturated rings. The Morgan fingerprint density at radius 1 is 1.13 bits per heavy atom. The van der Waals surface area contributed by atoms with Crippen molar-refractivity contribution in [1.29, 1.82) is 0 Å². The zero-order chi connectivity index (χ0) is 16.6. The van der Waals surface area contributed by atoms with Crippen LogP contribution in [0.15, 0.2) is 47.4 Å². The third kappa shape index (κ3) is 2.80. The number of nitrogens with zero attached hydrogens (tertiary/aromatic N) is 1. The molecule has 0 radical (unpaired) electrons. The number of methoxy groups -OCH3 is 1. The van der Waals surface area contributed by atoms with Gasteiger partial charge in [0.15, 0.2) is 5.78 Å². The summed E-state index contributed by atoms with van der Waals surface area (Å²) in [5.74, 6) is 0.421. The Bertz CT molecular complexity index is 862. The highest BCUT2D eigenvalue weighted by Gasteiger charge is 2.32. The van der Waals surface area contributed by atoms with Crippen molar-refractivity contribution in [3.63, 3.8) is 0 Å². The van der Waals surface area contributed by atoms with Crippen LogP contribution in [-0.2, 0) is 10.0 Å². The minimum Gasteiger partial charge on any atom is -0.497 e. The van der Waals surface area contributed by atoms with Gasteiger partial charge in [-0.1, -0.05) is 11.6 Å². The normalized spacial score (nSPS) is 14.5. The molecule has 7 heteroatoms. The van der Waals surface area contributed by atoms with Gasteiger partial charge in [0.2, 0.25) is 0 Å². The number of rotatable bonds is 3. The summed E-state index contributed by atoms with van der Waals surface area (Å²) in [5.41, 5.74) is 0.727. The Kier molecular flexibility index (Phi) is 4.04. The maximum atomic E-state index is 12.9. The number of Topliss-reactive ketones (excluding diaryl/α,β-unsaturated/α-hetero) is 1. The second-order valence-corrected chi connectivity index (χ2v) is 7.39. The van der Waals surface area contributed by atoms with Gasteiger partial charge >= 0.3 is 0 Å². The molecule has 0 aliphatic carbocycles. The third-order valence-corrected chi connectivity index (χ3v) is 5.80. The fourth-order valence-electron chi connectivity index (χ4n) is 2.52. The SMILES string of the molecule is COc1ccc2c(c1)C(=O)CCN2S(=O)(=O)c1ccc(Cl)cc1. The number of ketones is 1. The number of carbonyl (C=O) groups excluding carboxylic acids is 1. The van der Waals surface area contributed by atoms with E-state index >= 15 is 0 Å². The van der Waals surface area contributed by atoms with Crippen molar-refractivity contribution in [2.75, 3.05) is 18.0 Å². The number of anilines is 1. The highest BCUT2D eigenvalue weighted by Crippen LogP contribution is 2.34. The van der Waals surface area contributed by atoms with Crippen molar-refractivity contribution in [2.45, 2.75) is 11.3 Å². The quantitative estimate of drug-likeness (QED) is 0.852. The number of hydrogen-bond acceptors (Lipinski definition) is 4. The van der Waals surface area contributed by atoms with Gasteiger partial charge in [-0.3, -0.25) is 9.10 Å². The van der Waals surface area contributed by atoms with E-state index in [0.29, 0.717) is 22.0 Å². The van der Waals surface area contributed by atoms with Crippen molar-refractivity contribution in [3.05, 3.63) is 53.1 Å². The van der Waals surface area contributed by atoms with Gasteiger partial charge in [-0.2, -0.15) is 0 Å². The molecule has 0 aromatic heterocycles. The number of fused-ring (bicyclic) bond motifs is 1. The van der Waals surface area contributed by atoms with Gasteiger partial charge in [-0.15, -0.1) is 0 Å². The van der Waals surface area contributed by atoms with Crippen LogP contribution in [0.3, 0.4) is 0 Å². The lowest BCUT2D eigenvalue weighted by molar-refractivity contribution is 0.0981. The van der Waals surface area contributed by atoms with Crippen molar-refractivity contribution in [1.82, 2.24) is 0 Å². The lowest BCUT2D eigenvalue weighted by Gasteiger charge is -2.30. The van der Waals surface area contributed by atoms with Crippen molar-refractivity contribution in [2.24, 2.45) is 0 Å². The fraction of sp³-hybridized carbons (Fsp3) is 0.188. The highest BCUT2D eigenvalue weighted by atomic mass is 35.5. The average Bonchev–Trinajstić information content (AvgIpc) is 2.55. The Hall–Kier alpha value is -2.05. The largest absolute Gasteiger partial charge is 0.497 e. The molecular formula is C16H14ClNO4S. The molecule has 0 amide bonds. The summed E-state index contributed by atoms with van der Waals surface area (Å²) < 4.78 is 32.1. The predicted octanol–water partition coefficient (Wildman–Crippen LogP) is 3.13. The van der Waals surface area contributed by atoms with E-state index < -0.39 is 10.0 Å². The van der Waals surface area contributed by atoms with Gasteiger partial charge in [0.1, 0.15) is 5.75 Å². The van der Waals surface area contributed by atoms with Crippen LogP contribution in [0.25, 0.3) is 0 Å². The second kappa shape index (κ2) is 5.86. The zero-order valence-corrected chi connectivity index (χ0v) is 13.9. The van der Waals surface area contributed by atoms with E-state index in [1.807, 2.05) is 0 Å². The maximum Gasteiger partial charge on any atom is 0.264 e. The first-order chi connectivity index (χ1) is 10.9. The van der Waals surface area contributed by atoms with Gasteiger partial charge < -0.3 is 4.74 Å². The van der Waals surface area contributed by atoms with E-state index in [-0.39, 0.29) is 23.6 Å². The van der Waals surface area contributed by atoms with Crippen molar-refractivity contribution in [3.8, 4) is 5.75 Å². The Labute approximate surface area is 139 Å². The number of carbonyl (C=O) groups is 1. The summed E-state index contributed by atoms with van der Waals surface area (Å²) in [6.07, 6.45) is 0.132. The van der Waals surface area contributed by atoms with Crippen LogP contribution >= 0.6 is 11.6 Å². The van der Waals surface area contributed by atoms with Crippen LogP contribution in [-0.4, -0.2) is 27.9 Å². The topological polar surface area (TPSA) is 63.7 Å². The number of ether oxygens (including phenoxy) is 1. The summed E-state index contributed by atoms with van der Waals surface area (Å²) >= 11 is 5.81. The van der Waals surface area contributed by atoms with E-state index in [1.54, 1.807) is 18.2 Å². The molecule has 0 unspecified atom stereocenters. The molecule has 2 aromatic carbocycles. The van der Waals surface area contributed by atoms with E-state index in [9.17, 15) is 13.2 Å². The van der Waals surface area contributed by atoms with E-state index in [2.05, 4.69) is 0 Å². The molecule has 0 atom stereocenters. The summed E-state index contributed by atoms with van der Waals surface area (Å²) in [6.45, 7) is 0.114. The summed E-state index contributed by atoms with van der Waals surface area (Å²) in [6, 6.07) is 10.8. The molecule has 0 bridgehead atoms. The molecule has 2 aromatic rings. The standard InChI is InChI=1S/C16H14ClNO4S/c1-22-12-4-7-15-14(10-12)16(19)8-9-18(15)23(20,21)13-5-2-11(17)3-6-13/h2-7,10H,8-9H2,1H3. The number of halogens is 1. The lowest BCUT2D eigenvalue weighted by atomic mass is 10.0. The molecule has 0 saturated carbocycles. The van der Waals surface area contributed by atoms with Crippen molar-refractivity contribution < 1.29 is 17.9 Å². The van der Waals surface area contributed by atoms with Gasteiger partial charge in [0.25, 0.3) is 10.0 Å². The van der Waals surface area contributed by atoms with Gasteiger partial charge in [0.05, 0.1) is 17.7 Å². The maximum absolute atomic E-state index is 12.9. The number of sulfonamides is 1. The van der Waals surface area contributed by atoms with Crippen LogP contribution in [0.1, 0.15) is 16.8 Å². The van der Waals surface area contributed by atoms with Crippen molar-refractivity contribution >= 4 is 33.1 Å². The molecule has 0 N–H and O–H groups in total. The molecule has 120 valence electrons. The van der Waals surface area contributed by atoms with E-state index in [4.69, 9.17) is 16.3 Å². The van der Waals surface area contributed by atoms with Crippen LogP contribution in [0.4, 0.5) is 5.69 Å². The molecule has 0 spiro atoms. The minimum atomic E-state index is -3.75. The van der Waals surface area contributed by atoms with Gasteiger partial charge in [0, 0.05) is 23.6 Å². The van der Waals surface area contributed by atoms with Gasteiger partial charge in [-0.25, -0.2) is 8.42 Å². The summed E-state index contributed by atoms with van der Waals surface area (Å²) in [5, 5.41) is 0.461. The third-order valence-electron chi connectivity index (χ3n) is 3.72.